The second-order valence-electron chi connectivity index (χ2n) is 15.8. The van der Waals surface area contributed by atoms with Gasteiger partial charge in [0.1, 0.15) is 11.5 Å². The summed E-state index contributed by atoms with van der Waals surface area (Å²) in [5.41, 5.74) is 3.91. The van der Waals surface area contributed by atoms with Crippen LogP contribution in [0.2, 0.25) is 0 Å². The fraction of sp³-hybridized carbons (Fsp3) is 0.462. The Morgan fingerprint density at radius 2 is 1.70 bits per heavy atom. The van der Waals surface area contributed by atoms with Crippen molar-refractivity contribution in [3.05, 3.63) is 65.6 Å². The van der Waals surface area contributed by atoms with Crippen LogP contribution in [-0.2, 0) is 21.4 Å². The number of hydrogen-bond donors (Lipinski definition) is 4. The number of aryl methyl sites for hydroxylation is 1. The van der Waals surface area contributed by atoms with Crippen LogP contribution in [0.5, 0.6) is 0 Å². The van der Waals surface area contributed by atoms with Gasteiger partial charge in [0.2, 0.25) is 10.0 Å². The molecule has 17 heteroatoms. The van der Waals surface area contributed by atoms with Crippen LogP contribution in [0.25, 0.3) is 21.3 Å². The molecule has 0 unspecified atom stereocenters. The first kappa shape index (κ1) is 37.9. The van der Waals surface area contributed by atoms with E-state index in [0.717, 1.165) is 45.8 Å². The Labute approximate surface area is 329 Å². The number of nitrogens with zero attached hydrogens (tertiary/aromatic N) is 7. The summed E-state index contributed by atoms with van der Waals surface area (Å²) in [6, 6.07) is 13.3. The molecule has 56 heavy (non-hydrogen) atoms. The van der Waals surface area contributed by atoms with Gasteiger partial charge in [-0.05, 0) is 111 Å². The highest BCUT2D eigenvalue weighted by Crippen LogP contribution is 2.60. The van der Waals surface area contributed by atoms with E-state index in [2.05, 4.69) is 35.2 Å². The minimum Gasteiger partial charge on any atom is -0.481 e. The van der Waals surface area contributed by atoms with E-state index in [1.54, 1.807) is 30.3 Å². The summed E-state index contributed by atoms with van der Waals surface area (Å²) in [7, 11) is -2.36. The number of pyridine rings is 1. The lowest BCUT2D eigenvalue weighted by Gasteiger charge is -2.56. The molecule has 0 saturated heterocycles. The Morgan fingerprint density at radius 3 is 2.39 bits per heavy atom. The van der Waals surface area contributed by atoms with Gasteiger partial charge in [0.05, 0.1) is 28.6 Å². The third kappa shape index (κ3) is 7.97. The van der Waals surface area contributed by atoms with Gasteiger partial charge in [-0.3, -0.25) is 14.3 Å². The van der Waals surface area contributed by atoms with Crippen LogP contribution >= 0.6 is 11.3 Å². The fourth-order valence-electron chi connectivity index (χ4n) is 9.37. The number of aromatic nitrogens is 6. The van der Waals surface area contributed by atoms with Crippen LogP contribution in [0.15, 0.2) is 48.7 Å². The molecule has 5 aromatic rings. The van der Waals surface area contributed by atoms with E-state index in [9.17, 15) is 18.0 Å². The van der Waals surface area contributed by atoms with Gasteiger partial charge in [0.15, 0.2) is 16.8 Å². The second-order valence-corrected chi connectivity index (χ2v) is 18.7. The van der Waals surface area contributed by atoms with E-state index < -0.39 is 27.7 Å². The quantitative estimate of drug-likeness (QED) is 0.0927. The molecule has 4 saturated carbocycles. The van der Waals surface area contributed by atoms with E-state index in [4.69, 9.17) is 15.2 Å². The number of thiazole rings is 1. The molecule has 4 heterocycles. The lowest BCUT2D eigenvalue weighted by atomic mass is 9.49. The van der Waals surface area contributed by atoms with E-state index in [0.29, 0.717) is 33.7 Å². The zero-order chi connectivity index (χ0) is 39.2. The lowest BCUT2D eigenvalue weighted by molar-refractivity contribution is -0.136. The number of benzene rings is 1. The topological polar surface area (TPSA) is 197 Å². The molecule has 4 fully saturated rings. The third-order valence-electron chi connectivity index (χ3n) is 11.6. The highest BCUT2D eigenvalue weighted by atomic mass is 32.2. The number of aliphatic carboxylic acids is 1. The van der Waals surface area contributed by atoms with Gasteiger partial charge in [0, 0.05) is 43.5 Å². The summed E-state index contributed by atoms with van der Waals surface area (Å²) >= 11 is 1.52. The number of anilines is 4. The number of rotatable bonds is 15. The zero-order valence-electron chi connectivity index (χ0n) is 31.7. The number of amides is 1. The van der Waals surface area contributed by atoms with E-state index in [-0.39, 0.29) is 30.6 Å². The van der Waals surface area contributed by atoms with E-state index in [1.807, 2.05) is 44.2 Å². The molecule has 4 aliphatic rings. The average molecular weight is 799 g/mol. The third-order valence-corrected chi connectivity index (χ3v) is 13.8. The van der Waals surface area contributed by atoms with Gasteiger partial charge >= 0.3 is 5.97 Å². The van der Waals surface area contributed by atoms with Crippen LogP contribution in [-0.4, -0.2) is 81.2 Å². The van der Waals surface area contributed by atoms with Crippen molar-refractivity contribution >= 4 is 66.0 Å². The molecule has 294 valence electrons. The first-order valence-electron chi connectivity index (χ1n) is 19.1. The number of carboxylic acid groups (broad SMARTS) is 1. The maximum atomic E-state index is 14.0. The summed E-state index contributed by atoms with van der Waals surface area (Å²) < 4.78 is 31.5. The molecule has 0 radical (unpaired) electrons. The Balaban J connectivity index is 1.06. The number of hydrogen-bond acceptors (Lipinski definition) is 13. The molecular weight excluding hydrogens is 753 g/mol. The smallest absolute Gasteiger partial charge is 0.304 e. The minimum atomic E-state index is -4.11. The minimum absolute atomic E-state index is 0.0308. The molecule has 1 amide bonds. The molecule has 0 aliphatic heterocycles. The summed E-state index contributed by atoms with van der Waals surface area (Å²) in [6.45, 7) is 4.79. The Morgan fingerprint density at radius 1 is 0.964 bits per heavy atom. The molecule has 9 rings (SSSR count). The van der Waals surface area contributed by atoms with Crippen LogP contribution in [0.4, 0.5) is 22.6 Å². The van der Waals surface area contributed by atoms with Gasteiger partial charge < -0.3 is 20.6 Å². The molecule has 0 atom stereocenters. The van der Waals surface area contributed by atoms with E-state index in [1.165, 1.54) is 49.9 Å². The van der Waals surface area contributed by atoms with Crippen LogP contribution < -0.4 is 20.3 Å². The number of carbonyl (C=O) groups excluding carboxylic acids is 1. The average Bonchev–Trinajstić information content (AvgIpc) is 3.72. The van der Waals surface area contributed by atoms with E-state index >= 15 is 0 Å². The van der Waals surface area contributed by atoms with Crippen molar-refractivity contribution in [2.45, 2.75) is 65.3 Å². The molecule has 4 bridgehead atoms. The van der Waals surface area contributed by atoms with Crippen molar-refractivity contribution < 1.29 is 23.1 Å². The van der Waals surface area contributed by atoms with Gasteiger partial charge in [-0.2, -0.15) is 5.10 Å². The number of fused-ring (bicyclic) bond motifs is 1. The molecule has 1 aromatic carbocycles. The Bertz CT molecular complexity index is 2340. The van der Waals surface area contributed by atoms with Crippen molar-refractivity contribution in [3.8, 4) is 11.1 Å². The molecule has 0 spiro atoms. The molecular formula is C39H46N10O5S2. The number of nitrogens with one attached hydrogen (secondary N) is 3. The summed E-state index contributed by atoms with van der Waals surface area (Å²) in [5, 5.41) is 29.3. The predicted octanol–water partition coefficient (Wildman–Crippen LogP) is 5.81. The van der Waals surface area contributed by atoms with Crippen LogP contribution in [0.3, 0.4) is 0 Å². The van der Waals surface area contributed by atoms with Gasteiger partial charge in [0.25, 0.3) is 5.91 Å². The predicted molar refractivity (Wildman–Crippen MR) is 215 cm³/mol. The number of carbonyl (C=O) groups is 2. The van der Waals surface area contributed by atoms with Gasteiger partial charge in [-0.1, -0.05) is 23.5 Å². The lowest BCUT2D eigenvalue weighted by Crippen LogP contribution is -2.48. The monoisotopic (exact) mass is 798 g/mol. The normalized spacial score (nSPS) is 21.4. The largest absolute Gasteiger partial charge is 0.481 e. The van der Waals surface area contributed by atoms with Crippen molar-refractivity contribution in [2.75, 3.05) is 36.1 Å². The van der Waals surface area contributed by atoms with Gasteiger partial charge in [-0.25, -0.2) is 23.1 Å². The van der Waals surface area contributed by atoms with Crippen LogP contribution in [0, 0.1) is 37.0 Å². The number of sulfonamides is 1. The van der Waals surface area contributed by atoms with Crippen molar-refractivity contribution in [1.82, 2.24) is 40.0 Å². The standard InChI is InChI=1S/C39H46N10O5S2/c1-23-14-33(45-46-36(23)44-38-42-30-6-4-5-7-31(30)55-38)48(3)32-9-8-28(35(43-32)37(52)47-56(53,54)13-12-40-11-10-34(50)51)29-21-41-49(24(29)2)22-39-18-25-15-26(19-39)17-27(16-25)20-39/h4-9,14,21,25-27,40H,10-13,15-20,22H2,1-3H3,(H,47,52)(H,50,51)(H,42,44,46). The number of carboxylic acids is 1. The van der Waals surface area contributed by atoms with Crippen molar-refractivity contribution in [3.63, 3.8) is 0 Å². The van der Waals surface area contributed by atoms with Crippen LogP contribution in [0.1, 0.15) is 66.7 Å². The summed E-state index contributed by atoms with van der Waals surface area (Å²) in [5.74, 6) is 1.46. The molecule has 4 aliphatic carbocycles. The first-order valence-corrected chi connectivity index (χ1v) is 21.5. The van der Waals surface area contributed by atoms with Crippen molar-refractivity contribution in [2.24, 2.45) is 23.2 Å². The first-order chi connectivity index (χ1) is 26.8. The maximum absolute atomic E-state index is 14.0. The fourth-order valence-corrected chi connectivity index (χ4v) is 11.1. The Hall–Kier alpha value is -5.00. The number of para-hydroxylation sites is 1. The SMILES string of the molecule is Cc1cc(N(C)c2ccc(-c3cnn(CC45CC6CC(CC(C6)C4)C5)c3C)c(C(=O)NS(=O)(=O)CCNCCC(=O)O)n2)nnc1Nc1nc2ccccc2s1. The summed E-state index contributed by atoms with van der Waals surface area (Å²) in [4.78, 5) is 35.9. The molecule has 4 aromatic heterocycles. The van der Waals surface area contributed by atoms with Gasteiger partial charge in [-0.15, -0.1) is 10.2 Å². The summed E-state index contributed by atoms with van der Waals surface area (Å²) in [6.07, 6.45) is 9.35. The second kappa shape index (κ2) is 15.2. The highest BCUT2D eigenvalue weighted by molar-refractivity contribution is 7.90. The molecule has 4 N–H and O–H groups in total. The van der Waals surface area contributed by atoms with Crippen molar-refractivity contribution in [1.29, 1.82) is 0 Å². The maximum Gasteiger partial charge on any atom is 0.304 e. The Kier molecular flexibility index (Phi) is 10.3. The molecule has 15 nitrogen and oxygen atoms in total. The highest BCUT2D eigenvalue weighted by Gasteiger charge is 2.51. The zero-order valence-corrected chi connectivity index (χ0v) is 33.3.